The number of hydrogen-bond donors (Lipinski definition) is 1. The van der Waals surface area contributed by atoms with Crippen LogP contribution in [0.5, 0.6) is 5.75 Å². The molecule has 0 radical (unpaired) electrons. The van der Waals surface area contributed by atoms with Crippen LogP contribution >= 0.6 is 0 Å². The van der Waals surface area contributed by atoms with Crippen molar-refractivity contribution in [2.45, 2.75) is 64.2 Å². The van der Waals surface area contributed by atoms with E-state index in [0.29, 0.717) is 12.5 Å². The van der Waals surface area contributed by atoms with E-state index in [1.54, 1.807) is 18.2 Å². The molecule has 2 aromatic carbocycles. The fraction of sp³-hybridized carbons (Fsp3) is 0.538. The van der Waals surface area contributed by atoms with Gasteiger partial charge in [0.15, 0.2) is 0 Å². The highest BCUT2D eigenvalue weighted by Gasteiger charge is 2.35. The molecular weight excluding hydrogens is 344 g/mol. The van der Waals surface area contributed by atoms with Crippen molar-refractivity contribution in [3.8, 4) is 5.75 Å². The quantitative estimate of drug-likeness (QED) is 0.699. The Morgan fingerprint density at radius 2 is 1.96 bits per heavy atom. The number of aryl methyl sites for hydroxylation is 2. The largest absolute Gasteiger partial charge is 0.496 e. The van der Waals surface area contributed by atoms with Crippen molar-refractivity contribution in [2.24, 2.45) is 11.3 Å². The Balaban J connectivity index is 1.38. The molecule has 0 aromatic heterocycles. The Morgan fingerprint density at radius 1 is 1.11 bits per heavy atom. The maximum Gasteiger partial charge on any atom is 0.122 e. The van der Waals surface area contributed by atoms with E-state index in [0.717, 1.165) is 30.9 Å². The Hall–Kier alpha value is -1.80. The lowest BCUT2D eigenvalue weighted by molar-refractivity contribution is 0.147. The van der Waals surface area contributed by atoms with Gasteiger partial charge in [-0.25, -0.2) is 0 Å². The third-order valence-electron chi connectivity index (χ3n) is 7.26. The first kappa shape index (κ1) is 19.5. The summed E-state index contributed by atoms with van der Waals surface area (Å²) in [7, 11) is 1.76. The molecular formula is C26H34O2. The van der Waals surface area contributed by atoms with Gasteiger partial charge in [0.25, 0.3) is 0 Å². The van der Waals surface area contributed by atoms with Gasteiger partial charge < -0.3 is 9.84 Å². The van der Waals surface area contributed by atoms with E-state index >= 15 is 0 Å². The SMILES string of the molecule is COc1ccccc1CC[C@@H]1CCc2cc([C@H]3CC[C@](C)(CO)C3)ccc2C1. The summed E-state index contributed by atoms with van der Waals surface area (Å²) < 4.78 is 5.51. The zero-order valence-corrected chi connectivity index (χ0v) is 17.4. The predicted octanol–water partition coefficient (Wildman–Crippen LogP) is 5.70. The van der Waals surface area contributed by atoms with E-state index in [1.165, 1.54) is 43.2 Å². The average Bonchev–Trinajstić information content (AvgIpc) is 3.14. The van der Waals surface area contributed by atoms with Crippen molar-refractivity contribution < 1.29 is 9.84 Å². The number of methoxy groups -OCH3 is 1. The molecule has 2 aromatic rings. The standard InChI is InChI=1S/C26H34O2/c1-26(18-27)14-13-24(17-26)23-12-11-21-15-19(8-10-22(21)16-23)7-9-20-5-3-4-6-25(20)28-2/h3-6,11-12,16,19,24,27H,7-10,13-15,17-18H2,1-2H3/t19-,24+,26+/m1/s1. The van der Waals surface area contributed by atoms with Crippen molar-refractivity contribution in [3.63, 3.8) is 0 Å². The van der Waals surface area contributed by atoms with Crippen LogP contribution in [0.2, 0.25) is 0 Å². The van der Waals surface area contributed by atoms with Crippen LogP contribution in [0, 0.1) is 11.3 Å². The van der Waals surface area contributed by atoms with Gasteiger partial charge in [-0.15, -0.1) is 0 Å². The summed E-state index contributed by atoms with van der Waals surface area (Å²) in [5.74, 6) is 2.42. The smallest absolute Gasteiger partial charge is 0.122 e. The maximum absolute atomic E-state index is 9.67. The molecule has 2 aliphatic carbocycles. The van der Waals surface area contributed by atoms with Crippen LogP contribution in [-0.4, -0.2) is 18.8 Å². The van der Waals surface area contributed by atoms with E-state index < -0.39 is 0 Å². The van der Waals surface area contributed by atoms with Gasteiger partial charge >= 0.3 is 0 Å². The maximum atomic E-state index is 9.67. The molecule has 2 nitrogen and oxygen atoms in total. The number of aliphatic hydroxyl groups is 1. The van der Waals surface area contributed by atoms with Crippen molar-refractivity contribution in [2.75, 3.05) is 13.7 Å². The normalized spacial score (nSPS) is 26.8. The predicted molar refractivity (Wildman–Crippen MR) is 115 cm³/mol. The summed E-state index contributed by atoms with van der Waals surface area (Å²) in [6, 6.07) is 15.7. The lowest BCUT2D eigenvalue weighted by Gasteiger charge is -2.26. The van der Waals surface area contributed by atoms with Crippen LogP contribution in [0.3, 0.4) is 0 Å². The van der Waals surface area contributed by atoms with E-state index in [1.807, 2.05) is 6.07 Å². The molecule has 1 N–H and O–H groups in total. The Bertz CT molecular complexity index is 812. The van der Waals surface area contributed by atoms with Crippen molar-refractivity contribution in [3.05, 3.63) is 64.7 Å². The first-order valence-corrected chi connectivity index (χ1v) is 10.9. The molecule has 28 heavy (non-hydrogen) atoms. The molecule has 0 unspecified atom stereocenters. The van der Waals surface area contributed by atoms with Crippen LogP contribution in [0.1, 0.15) is 67.2 Å². The van der Waals surface area contributed by atoms with Crippen LogP contribution < -0.4 is 4.74 Å². The Kier molecular flexibility index (Phi) is 5.78. The van der Waals surface area contributed by atoms with Crippen LogP contribution in [0.15, 0.2) is 42.5 Å². The zero-order chi connectivity index (χ0) is 19.6. The molecule has 0 bridgehead atoms. The fourth-order valence-corrected chi connectivity index (χ4v) is 5.37. The summed E-state index contributed by atoms with van der Waals surface area (Å²) >= 11 is 0. The second-order valence-corrected chi connectivity index (χ2v) is 9.40. The second-order valence-electron chi connectivity index (χ2n) is 9.40. The Morgan fingerprint density at radius 3 is 2.75 bits per heavy atom. The highest BCUT2D eigenvalue weighted by Crippen LogP contribution is 2.46. The van der Waals surface area contributed by atoms with E-state index in [9.17, 15) is 5.11 Å². The molecule has 0 spiro atoms. The lowest BCUT2D eigenvalue weighted by Crippen LogP contribution is -2.17. The first-order chi connectivity index (χ1) is 13.6. The van der Waals surface area contributed by atoms with E-state index in [4.69, 9.17) is 4.74 Å². The number of ether oxygens (including phenoxy) is 1. The third kappa shape index (κ3) is 4.12. The number of aliphatic hydroxyl groups excluding tert-OH is 1. The lowest BCUT2D eigenvalue weighted by atomic mass is 9.79. The summed E-state index contributed by atoms with van der Waals surface area (Å²) in [6.07, 6.45) is 9.55. The van der Waals surface area contributed by atoms with Gasteiger partial charge in [-0.1, -0.05) is 43.3 Å². The topological polar surface area (TPSA) is 29.5 Å². The van der Waals surface area contributed by atoms with Gasteiger partial charge in [0, 0.05) is 6.61 Å². The number of benzene rings is 2. The van der Waals surface area contributed by atoms with Gasteiger partial charge in [0.1, 0.15) is 5.75 Å². The molecule has 0 heterocycles. The van der Waals surface area contributed by atoms with E-state index in [-0.39, 0.29) is 5.41 Å². The van der Waals surface area contributed by atoms with Crippen LogP contribution in [0.4, 0.5) is 0 Å². The van der Waals surface area contributed by atoms with Crippen LogP contribution in [0.25, 0.3) is 0 Å². The summed E-state index contributed by atoms with van der Waals surface area (Å²) in [5, 5.41) is 9.67. The molecule has 2 heteroatoms. The minimum absolute atomic E-state index is 0.129. The molecule has 4 rings (SSSR count). The minimum atomic E-state index is 0.129. The zero-order valence-electron chi connectivity index (χ0n) is 17.4. The van der Waals surface area contributed by atoms with Gasteiger partial charge in [-0.2, -0.15) is 0 Å². The highest BCUT2D eigenvalue weighted by molar-refractivity contribution is 5.37. The summed E-state index contributed by atoms with van der Waals surface area (Å²) in [6.45, 7) is 2.56. The summed E-state index contributed by atoms with van der Waals surface area (Å²) in [5.41, 5.74) is 6.10. The average molecular weight is 379 g/mol. The van der Waals surface area contributed by atoms with Gasteiger partial charge in [-0.3, -0.25) is 0 Å². The van der Waals surface area contributed by atoms with Crippen LogP contribution in [-0.2, 0) is 19.3 Å². The number of para-hydroxylation sites is 1. The molecule has 0 saturated heterocycles. The molecule has 0 aliphatic heterocycles. The van der Waals surface area contributed by atoms with Crippen molar-refractivity contribution in [1.29, 1.82) is 0 Å². The van der Waals surface area contributed by atoms with Crippen molar-refractivity contribution >= 4 is 0 Å². The highest BCUT2D eigenvalue weighted by atomic mass is 16.5. The molecule has 1 saturated carbocycles. The number of fused-ring (bicyclic) bond motifs is 1. The monoisotopic (exact) mass is 378 g/mol. The number of hydrogen-bond acceptors (Lipinski definition) is 2. The van der Waals surface area contributed by atoms with Gasteiger partial charge in [0.2, 0.25) is 0 Å². The third-order valence-corrected chi connectivity index (χ3v) is 7.26. The first-order valence-electron chi connectivity index (χ1n) is 10.9. The minimum Gasteiger partial charge on any atom is -0.496 e. The molecule has 150 valence electrons. The van der Waals surface area contributed by atoms with Gasteiger partial charge in [0.05, 0.1) is 7.11 Å². The summed E-state index contributed by atoms with van der Waals surface area (Å²) in [4.78, 5) is 0. The Labute approximate surface area is 169 Å². The second kappa shape index (κ2) is 8.29. The van der Waals surface area contributed by atoms with Crippen molar-refractivity contribution in [1.82, 2.24) is 0 Å². The number of rotatable bonds is 6. The van der Waals surface area contributed by atoms with Gasteiger partial charge in [-0.05, 0) is 96.9 Å². The molecule has 3 atom stereocenters. The molecule has 1 fully saturated rings. The van der Waals surface area contributed by atoms with E-state index in [2.05, 4.69) is 43.3 Å². The molecule has 0 amide bonds. The fourth-order valence-electron chi connectivity index (χ4n) is 5.37. The molecule has 2 aliphatic rings.